The van der Waals surface area contributed by atoms with Crippen molar-refractivity contribution in [2.75, 3.05) is 19.6 Å². The van der Waals surface area contributed by atoms with Crippen LogP contribution in [0.1, 0.15) is 46.0 Å². The lowest BCUT2D eigenvalue weighted by Crippen LogP contribution is -2.46. The SMILES string of the molecule is CC/C=C(\C)C(=O)N1CCCC(C2CCCN2)C1. The van der Waals surface area contributed by atoms with Crippen molar-refractivity contribution in [2.24, 2.45) is 5.92 Å². The maximum absolute atomic E-state index is 12.3. The highest BCUT2D eigenvalue weighted by Crippen LogP contribution is 2.25. The van der Waals surface area contributed by atoms with Crippen molar-refractivity contribution in [1.29, 1.82) is 0 Å². The van der Waals surface area contributed by atoms with Gasteiger partial charge in [-0.15, -0.1) is 0 Å². The minimum Gasteiger partial charge on any atom is -0.339 e. The lowest BCUT2D eigenvalue weighted by Gasteiger charge is -2.36. The largest absolute Gasteiger partial charge is 0.339 e. The van der Waals surface area contributed by atoms with Gasteiger partial charge in [0.1, 0.15) is 0 Å². The Morgan fingerprint density at radius 2 is 2.22 bits per heavy atom. The van der Waals surface area contributed by atoms with E-state index in [2.05, 4.69) is 17.1 Å². The predicted molar refractivity (Wildman–Crippen MR) is 74.4 cm³/mol. The number of nitrogens with one attached hydrogen (secondary N) is 1. The molecule has 0 radical (unpaired) electrons. The third-order valence-corrected chi connectivity index (χ3v) is 4.26. The molecule has 2 heterocycles. The van der Waals surface area contributed by atoms with Gasteiger partial charge < -0.3 is 10.2 Å². The number of hydrogen-bond donors (Lipinski definition) is 1. The molecule has 0 aromatic heterocycles. The van der Waals surface area contributed by atoms with E-state index in [4.69, 9.17) is 0 Å². The average Bonchev–Trinajstić information content (AvgIpc) is 2.92. The first kappa shape index (κ1) is 13.6. The van der Waals surface area contributed by atoms with Gasteiger partial charge in [0.25, 0.3) is 0 Å². The molecule has 3 heteroatoms. The van der Waals surface area contributed by atoms with Crippen molar-refractivity contribution in [3.05, 3.63) is 11.6 Å². The Hall–Kier alpha value is -0.830. The molecule has 0 aliphatic carbocycles. The summed E-state index contributed by atoms with van der Waals surface area (Å²) >= 11 is 0. The van der Waals surface area contributed by atoms with Crippen molar-refractivity contribution in [2.45, 2.75) is 52.0 Å². The highest BCUT2D eigenvalue weighted by Gasteiger charge is 2.30. The minimum atomic E-state index is 0.250. The normalized spacial score (nSPS) is 29.7. The average molecular weight is 250 g/mol. The van der Waals surface area contributed by atoms with Crippen LogP contribution >= 0.6 is 0 Å². The second-order valence-corrected chi connectivity index (χ2v) is 5.65. The van der Waals surface area contributed by atoms with Crippen LogP contribution in [0, 0.1) is 5.92 Å². The number of carbonyl (C=O) groups excluding carboxylic acids is 1. The topological polar surface area (TPSA) is 32.3 Å². The van der Waals surface area contributed by atoms with Crippen LogP contribution < -0.4 is 5.32 Å². The number of amides is 1. The van der Waals surface area contributed by atoms with E-state index in [0.717, 1.165) is 38.0 Å². The van der Waals surface area contributed by atoms with Gasteiger partial charge in [0.15, 0.2) is 0 Å². The monoisotopic (exact) mass is 250 g/mol. The smallest absolute Gasteiger partial charge is 0.249 e. The van der Waals surface area contributed by atoms with Gasteiger partial charge in [-0.1, -0.05) is 13.0 Å². The minimum absolute atomic E-state index is 0.250. The van der Waals surface area contributed by atoms with Crippen LogP contribution in [0.2, 0.25) is 0 Å². The molecule has 2 atom stereocenters. The molecule has 1 amide bonds. The third-order valence-electron chi connectivity index (χ3n) is 4.26. The molecule has 0 aromatic carbocycles. The van der Waals surface area contributed by atoms with Crippen LogP contribution in [0.4, 0.5) is 0 Å². The first-order valence-corrected chi connectivity index (χ1v) is 7.41. The number of hydrogen-bond acceptors (Lipinski definition) is 2. The number of rotatable bonds is 3. The van der Waals surface area contributed by atoms with E-state index >= 15 is 0 Å². The molecule has 18 heavy (non-hydrogen) atoms. The highest BCUT2D eigenvalue weighted by molar-refractivity contribution is 5.92. The first-order chi connectivity index (χ1) is 8.72. The molecular formula is C15H26N2O. The second-order valence-electron chi connectivity index (χ2n) is 5.65. The van der Waals surface area contributed by atoms with Crippen LogP contribution in [0.3, 0.4) is 0 Å². The fraction of sp³-hybridized carbons (Fsp3) is 0.800. The lowest BCUT2D eigenvalue weighted by molar-refractivity contribution is -0.129. The van der Waals surface area contributed by atoms with Crippen molar-refractivity contribution >= 4 is 5.91 Å². The lowest BCUT2D eigenvalue weighted by atomic mass is 9.89. The number of nitrogens with zero attached hydrogens (tertiary/aromatic N) is 1. The molecule has 0 spiro atoms. The van der Waals surface area contributed by atoms with Gasteiger partial charge in [0.2, 0.25) is 5.91 Å². The Balaban J connectivity index is 1.93. The summed E-state index contributed by atoms with van der Waals surface area (Å²) in [6, 6.07) is 0.649. The number of allylic oxidation sites excluding steroid dienone is 1. The second kappa shape index (κ2) is 6.37. The Morgan fingerprint density at radius 1 is 1.39 bits per heavy atom. The van der Waals surface area contributed by atoms with Gasteiger partial charge >= 0.3 is 0 Å². The summed E-state index contributed by atoms with van der Waals surface area (Å²) in [6.45, 7) is 7.08. The highest BCUT2D eigenvalue weighted by atomic mass is 16.2. The van der Waals surface area contributed by atoms with Gasteiger partial charge in [-0.05, 0) is 51.5 Å². The first-order valence-electron chi connectivity index (χ1n) is 7.41. The van der Waals surface area contributed by atoms with E-state index in [0.29, 0.717) is 12.0 Å². The Morgan fingerprint density at radius 3 is 2.89 bits per heavy atom. The van der Waals surface area contributed by atoms with E-state index < -0.39 is 0 Å². The summed E-state index contributed by atoms with van der Waals surface area (Å²) < 4.78 is 0. The summed E-state index contributed by atoms with van der Waals surface area (Å²) in [5, 5.41) is 3.59. The Kier molecular flexibility index (Phi) is 4.81. The van der Waals surface area contributed by atoms with Gasteiger partial charge in [-0.3, -0.25) is 4.79 Å². The quantitative estimate of drug-likeness (QED) is 0.780. The van der Waals surface area contributed by atoms with Gasteiger partial charge in [0, 0.05) is 24.7 Å². The molecule has 102 valence electrons. The van der Waals surface area contributed by atoms with Gasteiger partial charge in [-0.2, -0.15) is 0 Å². The van der Waals surface area contributed by atoms with Crippen LogP contribution in [-0.4, -0.2) is 36.5 Å². The fourth-order valence-corrected chi connectivity index (χ4v) is 3.28. The van der Waals surface area contributed by atoms with Crippen LogP contribution in [0.5, 0.6) is 0 Å². The van der Waals surface area contributed by atoms with Crippen molar-refractivity contribution < 1.29 is 4.79 Å². The molecular weight excluding hydrogens is 224 g/mol. The van der Waals surface area contributed by atoms with Crippen molar-refractivity contribution in [1.82, 2.24) is 10.2 Å². The summed E-state index contributed by atoms with van der Waals surface area (Å²) in [5.41, 5.74) is 0.914. The summed E-state index contributed by atoms with van der Waals surface area (Å²) in [6.07, 6.45) is 8.01. The molecule has 0 saturated carbocycles. The molecule has 3 nitrogen and oxygen atoms in total. The standard InChI is InChI=1S/C15H26N2O/c1-3-6-12(2)15(18)17-10-5-7-13(11-17)14-8-4-9-16-14/h6,13-14,16H,3-5,7-11H2,1-2H3/b12-6+. The summed E-state index contributed by atoms with van der Waals surface area (Å²) in [7, 11) is 0. The number of piperidine rings is 1. The zero-order valence-corrected chi connectivity index (χ0v) is 11.7. The van der Waals surface area contributed by atoms with E-state index in [1.807, 2.05) is 13.0 Å². The molecule has 2 rings (SSSR count). The zero-order chi connectivity index (χ0) is 13.0. The molecule has 2 unspecified atom stereocenters. The van der Waals surface area contributed by atoms with Crippen LogP contribution in [0.15, 0.2) is 11.6 Å². The van der Waals surface area contributed by atoms with Crippen molar-refractivity contribution in [3.63, 3.8) is 0 Å². The third kappa shape index (κ3) is 3.14. The predicted octanol–water partition coefficient (Wildman–Crippen LogP) is 2.33. The van der Waals surface area contributed by atoms with E-state index in [-0.39, 0.29) is 5.91 Å². The Labute approximate surface area is 111 Å². The van der Waals surface area contributed by atoms with Crippen LogP contribution in [0.25, 0.3) is 0 Å². The van der Waals surface area contributed by atoms with Gasteiger partial charge in [0.05, 0.1) is 0 Å². The van der Waals surface area contributed by atoms with Gasteiger partial charge in [-0.25, -0.2) is 0 Å². The zero-order valence-electron chi connectivity index (χ0n) is 11.7. The molecule has 1 N–H and O–H groups in total. The molecule has 2 saturated heterocycles. The van der Waals surface area contributed by atoms with E-state index in [1.54, 1.807) is 0 Å². The molecule has 2 aliphatic rings. The van der Waals surface area contributed by atoms with Crippen LogP contribution in [-0.2, 0) is 4.79 Å². The molecule has 0 aromatic rings. The van der Waals surface area contributed by atoms with E-state index in [9.17, 15) is 4.79 Å². The fourth-order valence-electron chi connectivity index (χ4n) is 3.28. The number of likely N-dealkylation sites (tertiary alicyclic amines) is 1. The maximum Gasteiger partial charge on any atom is 0.249 e. The number of carbonyl (C=O) groups is 1. The van der Waals surface area contributed by atoms with E-state index in [1.165, 1.54) is 19.3 Å². The molecule has 0 bridgehead atoms. The molecule has 2 fully saturated rings. The Bertz CT molecular complexity index is 318. The molecule has 2 aliphatic heterocycles. The summed E-state index contributed by atoms with van der Waals surface area (Å²) in [4.78, 5) is 14.4. The van der Waals surface area contributed by atoms with Crippen molar-refractivity contribution in [3.8, 4) is 0 Å². The summed E-state index contributed by atoms with van der Waals surface area (Å²) in [5.74, 6) is 0.916. The maximum atomic E-state index is 12.3.